The maximum atomic E-state index is 12.6. The van der Waals surface area contributed by atoms with Crippen LogP contribution in [0.4, 0.5) is 18.9 Å². The minimum absolute atomic E-state index is 0.309. The van der Waals surface area contributed by atoms with Gasteiger partial charge in [-0.2, -0.15) is 13.2 Å². The van der Waals surface area contributed by atoms with Crippen molar-refractivity contribution in [3.63, 3.8) is 0 Å². The third-order valence-corrected chi connectivity index (χ3v) is 3.68. The number of carboxylic acid groups (broad SMARTS) is 1. The quantitative estimate of drug-likeness (QED) is 0.900. The van der Waals surface area contributed by atoms with Gasteiger partial charge in [-0.25, -0.2) is 0 Å². The lowest BCUT2D eigenvalue weighted by atomic mass is 9.98. The van der Waals surface area contributed by atoms with Crippen molar-refractivity contribution in [1.82, 2.24) is 0 Å². The zero-order chi connectivity index (χ0) is 14.4. The lowest BCUT2D eigenvalue weighted by Gasteiger charge is -2.25. The van der Waals surface area contributed by atoms with Gasteiger partial charge in [0, 0.05) is 18.8 Å². The van der Waals surface area contributed by atoms with Crippen molar-refractivity contribution < 1.29 is 23.1 Å². The number of carboxylic acids is 1. The highest BCUT2D eigenvalue weighted by Crippen LogP contribution is 2.38. The lowest BCUT2D eigenvalue weighted by molar-refractivity contribution is -0.142. The first-order valence-electron chi connectivity index (χ1n) is 5.87. The molecule has 1 aliphatic rings. The highest BCUT2D eigenvalue weighted by atomic mass is 19.4. The molecule has 19 heavy (non-hydrogen) atoms. The molecular formula is C13H14F3NO2. The number of halogens is 3. The third kappa shape index (κ3) is 2.39. The molecule has 0 spiro atoms. The van der Waals surface area contributed by atoms with E-state index >= 15 is 0 Å². The van der Waals surface area contributed by atoms with Crippen LogP contribution < -0.4 is 4.90 Å². The molecule has 2 rings (SSSR count). The second-order valence-electron chi connectivity index (χ2n) is 4.85. The highest BCUT2D eigenvalue weighted by molar-refractivity contribution is 5.73. The summed E-state index contributed by atoms with van der Waals surface area (Å²) in [5.74, 6) is -1.58. The Hall–Kier alpha value is -1.72. The number of aliphatic carboxylic acids is 1. The molecule has 1 aromatic carbocycles. The number of rotatable bonds is 2. The Morgan fingerprint density at radius 3 is 2.63 bits per heavy atom. The first kappa shape index (κ1) is 13.7. The van der Waals surface area contributed by atoms with E-state index in [1.807, 2.05) is 0 Å². The van der Waals surface area contributed by atoms with E-state index in [0.29, 0.717) is 17.7 Å². The van der Waals surface area contributed by atoms with Gasteiger partial charge in [0.1, 0.15) is 0 Å². The molecule has 0 saturated heterocycles. The smallest absolute Gasteiger partial charge is 0.416 e. The second kappa shape index (κ2) is 4.43. The molecule has 1 aliphatic heterocycles. The van der Waals surface area contributed by atoms with Gasteiger partial charge in [-0.1, -0.05) is 0 Å². The average molecular weight is 273 g/mol. The monoisotopic (exact) mass is 273 g/mol. The van der Waals surface area contributed by atoms with Gasteiger partial charge in [0.25, 0.3) is 0 Å². The van der Waals surface area contributed by atoms with Crippen molar-refractivity contribution in [2.45, 2.75) is 25.6 Å². The van der Waals surface area contributed by atoms with Gasteiger partial charge in [0.15, 0.2) is 0 Å². The third-order valence-electron chi connectivity index (χ3n) is 3.68. The molecule has 1 N–H and O–H groups in total. The number of hydrogen-bond donors (Lipinski definition) is 1. The zero-order valence-electron chi connectivity index (χ0n) is 10.5. The van der Waals surface area contributed by atoms with Gasteiger partial charge < -0.3 is 10.0 Å². The van der Waals surface area contributed by atoms with Gasteiger partial charge >= 0.3 is 12.1 Å². The first-order valence-corrected chi connectivity index (χ1v) is 5.87. The molecule has 0 aromatic heterocycles. The summed E-state index contributed by atoms with van der Waals surface area (Å²) in [5.41, 5.74) is 0.532. The number of alkyl halides is 3. The first-order chi connectivity index (χ1) is 8.71. The zero-order valence-corrected chi connectivity index (χ0v) is 10.5. The molecule has 0 radical (unpaired) electrons. The number of fused-ring (bicyclic) bond motifs is 1. The van der Waals surface area contributed by atoms with Gasteiger partial charge in [-0.05, 0) is 37.1 Å². The highest BCUT2D eigenvalue weighted by Gasteiger charge is 2.37. The molecule has 2 atom stereocenters. The Kier molecular flexibility index (Phi) is 3.20. The molecule has 2 unspecified atom stereocenters. The van der Waals surface area contributed by atoms with E-state index in [-0.39, 0.29) is 6.04 Å². The van der Waals surface area contributed by atoms with Crippen LogP contribution in [-0.4, -0.2) is 24.2 Å². The van der Waals surface area contributed by atoms with Gasteiger partial charge in [-0.3, -0.25) is 4.79 Å². The summed E-state index contributed by atoms with van der Waals surface area (Å²) in [6.07, 6.45) is -4.05. The summed E-state index contributed by atoms with van der Waals surface area (Å²) in [6.45, 7) is 1.57. The van der Waals surface area contributed by atoms with Crippen LogP contribution in [0.15, 0.2) is 18.2 Å². The molecular weight excluding hydrogens is 259 g/mol. The lowest BCUT2D eigenvalue weighted by Crippen LogP contribution is -2.37. The molecule has 0 amide bonds. The predicted molar refractivity (Wildman–Crippen MR) is 64.1 cm³/mol. The normalized spacial score (nSPS) is 20.3. The van der Waals surface area contributed by atoms with Crippen molar-refractivity contribution in [3.8, 4) is 0 Å². The number of anilines is 1. The Morgan fingerprint density at radius 2 is 2.11 bits per heavy atom. The Balaban J connectivity index is 2.33. The fourth-order valence-electron chi connectivity index (χ4n) is 2.49. The predicted octanol–water partition coefficient (Wildman–Crippen LogP) is 2.79. The largest absolute Gasteiger partial charge is 0.481 e. The van der Waals surface area contributed by atoms with Gasteiger partial charge in [-0.15, -0.1) is 0 Å². The number of carbonyl (C=O) groups is 1. The SMILES string of the molecule is CC(C(=O)O)C1Cc2cc(C(F)(F)F)ccc2N1C. The average Bonchev–Trinajstić information content (AvgIpc) is 2.64. The molecule has 0 fully saturated rings. The molecule has 0 saturated carbocycles. The minimum Gasteiger partial charge on any atom is -0.481 e. The van der Waals surface area contributed by atoms with E-state index < -0.39 is 23.6 Å². The fraction of sp³-hybridized carbons (Fsp3) is 0.462. The van der Waals surface area contributed by atoms with Crippen LogP contribution in [0, 0.1) is 5.92 Å². The second-order valence-corrected chi connectivity index (χ2v) is 4.85. The topological polar surface area (TPSA) is 40.5 Å². The van der Waals surface area contributed by atoms with Crippen molar-refractivity contribution in [1.29, 1.82) is 0 Å². The van der Waals surface area contributed by atoms with Crippen LogP contribution >= 0.6 is 0 Å². The molecule has 6 heteroatoms. The molecule has 1 aromatic rings. The van der Waals surface area contributed by atoms with E-state index in [0.717, 1.165) is 12.1 Å². The van der Waals surface area contributed by atoms with Crippen molar-refractivity contribution in [2.24, 2.45) is 5.92 Å². The molecule has 3 nitrogen and oxygen atoms in total. The summed E-state index contributed by atoms with van der Waals surface area (Å²) in [7, 11) is 1.71. The van der Waals surface area contributed by atoms with Crippen LogP contribution in [0.1, 0.15) is 18.1 Å². The van der Waals surface area contributed by atoms with E-state index in [9.17, 15) is 18.0 Å². The van der Waals surface area contributed by atoms with Crippen LogP contribution in [0.25, 0.3) is 0 Å². The number of benzene rings is 1. The van der Waals surface area contributed by atoms with E-state index in [1.165, 1.54) is 6.07 Å². The van der Waals surface area contributed by atoms with E-state index in [1.54, 1.807) is 18.9 Å². The molecule has 1 heterocycles. The maximum absolute atomic E-state index is 12.6. The number of nitrogens with zero attached hydrogens (tertiary/aromatic N) is 1. The maximum Gasteiger partial charge on any atom is 0.416 e. The van der Waals surface area contributed by atoms with Gasteiger partial charge in [0.05, 0.1) is 11.5 Å². The fourth-order valence-corrected chi connectivity index (χ4v) is 2.49. The van der Waals surface area contributed by atoms with E-state index in [2.05, 4.69) is 0 Å². The van der Waals surface area contributed by atoms with Crippen molar-refractivity contribution >= 4 is 11.7 Å². The van der Waals surface area contributed by atoms with Crippen LogP contribution in [0.3, 0.4) is 0 Å². The Labute approximate surface area is 108 Å². The summed E-state index contributed by atoms with van der Waals surface area (Å²) in [5, 5.41) is 9.02. The summed E-state index contributed by atoms with van der Waals surface area (Å²) < 4.78 is 37.9. The van der Waals surface area contributed by atoms with Crippen LogP contribution in [-0.2, 0) is 17.4 Å². The van der Waals surface area contributed by atoms with Crippen LogP contribution in [0.5, 0.6) is 0 Å². The Bertz CT molecular complexity index is 513. The summed E-state index contributed by atoms with van der Waals surface area (Å²) >= 11 is 0. The molecule has 104 valence electrons. The van der Waals surface area contributed by atoms with Crippen molar-refractivity contribution in [3.05, 3.63) is 29.3 Å². The molecule has 0 bridgehead atoms. The Morgan fingerprint density at radius 1 is 1.47 bits per heavy atom. The standard InChI is InChI=1S/C13H14F3NO2/c1-7(12(18)19)11-6-8-5-9(13(14,15)16)3-4-10(8)17(11)2/h3-5,7,11H,6H2,1-2H3,(H,18,19). The minimum atomic E-state index is -4.37. The van der Waals surface area contributed by atoms with Crippen molar-refractivity contribution in [2.75, 3.05) is 11.9 Å². The van der Waals surface area contributed by atoms with Crippen LogP contribution in [0.2, 0.25) is 0 Å². The summed E-state index contributed by atoms with van der Waals surface area (Å²) in [4.78, 5) is 12.7. The van der Waals surface area contributed by atoms with E-state index in [4.69, 9.17) is 5.11 Å². The molecule has 0 aliphatic carbocycles. The number of hydrogen-bond acceptors (Lipinski definition) is 2. The number of likely N-dealkylation sites (N-methyl/N-ethyl adjacent to an activating group) is 1. The summed E-state index contributed by atoms with van der Waals surface area (Å²) in [6, 6.07) is 3.24. The van der Waals surface area contributed by atoms with Gasteiger partial charge in [0.2, 0.25) is 0 Å².